The third-order valence-electron chi connectivity index (χ3n) is 5.37. The minimum absolute atomic E-state index is 0.0987. The number of hydrogen-bond donors (Lipinski definition) is 1. The van der Waals surface area contributed by atoms with Gasteiger partial charge in [-0.3, -0.25) is 0 Å². The van der Waals surface area contributed by atoms with Gasteiger partial charge in [0.05, 0.1) is 14.2 Å². The molecule has 1 unspecified atom stereocenters. The van der Waals surface area contributed by atoms with Crippen LogP contribution < -0.4 is 15.2 Å². The molecule has 0 heterocycles. The lowest BCUT2D eigenvalue weighted by atomic mass is 9.96. The van der Waals surface area contributed by atoms with Crippen LogP contribution >= 0.6 is 11.6 Å². The minimum Gasteiger partial charge on any atom is -0.495 e. The van der Waals surface area contributed by atoms with E-state index in [1.165, 1.54) is 0 Å². The van der Waals surface area contributed by atoms with Crippen molar-refractivity contribution in [1.82, 2.24) is 0 Å². The fraction of sp³-hybridized carbons (Fsp3) is 0.625. The Morgan fingerprint density at radius 2 is 1.65 bits per heavy atom. The molecule has 0 aliphatic heterocycles. The molecule has 2 N–H and O–H groups in total. The summed E-state index contributed by atoms with van der Waals surface area (Å²) in [4.78, 5) is 0. The van der Waals surface area contributed by atoms with Crippen molar-refractivity contribution in [3.8, 4) is 11.5 Å². The third-order valence-corrected chi connectivity index (χ3v) is 5.72. The topological polar surface area (TPSA) is 44.5 Å². The summed E-state index contributed by atoms with van der Waals surface area (Å²) in [5.74, 6) is 1.62. The first-order valence-corrected chi connectivity index (χ1v) is 7.24. The van der Waals surface area contributed by atoms with Crippen LogP contribution in [0.1, 0.15) is 39.3 Å². The number of ether oxygens (including phenoxy) is 2. The van der Waals surface area contributed by atoms with E-state index in [0.29, 0.717) is 22.4 Å². The first kappa shape index (κ1) is 15.5. The molecule has 1 aliphatic carbocycles. The van der Waals surface area contributed by atoms with Gasteiger partial charge in [-0.25, -0.2) is 0 Å². The van der Waals surface area contributed by atoms with Crippen LogP contribution in [-0.2, 0) is 0 Å². The van der Waals surface area contributed by atoms with Gasteiger partial charge < -0.3 is 15.2 Å². The summed E-state index contributed by atoms with van der Waals surface area (Å²) in [5.41, 5.74) is 7.88. The fourth-order valence-electron chi connectivity index (χ4n) is 3.51. The van der Waals surface area contributed by atoms with Crippen molar-refractivity contribution >= 4 is 11.6 Å². The molecule has 1 fully saturated rings. The molecule has 0 radical (unpaired) electrons. The van der Waals surface area contributed by atoms with Crippen molar-refractivity contribution in [2.24, 2.45) is 22.5 Å². The summed E-state index contributed by atoms with van der Waals surface area (Å²) >= 11 is 6.32. The molecule has 20 heavy (non-hydrogen) atoms. The van der Waals surface area contributed by atoms with E-state index in [2.05, 4.69) is 27.7 Å². The van der Waals surface area contributed by atoms with Gasteiger partial charge in [-0.1, -0.05) is 39.3 Å². The SMILES string of the molecule is COc1ccc(C(N)C2C(C)(C)C2(C)C)c(OC)c1Cl. The molecule has 1 aromatic rings. The molecule has 0 amide bonds. The number of halogens is 1. The zero-order chi connectivity index (χ0) is 15.3. The van der Waals surface area contributed by atoms with Gasteiger partial charge in [0.15, 0.2) is 0 Å². The Balaban J connectivity index is 2.42. The molecular formula is C16H24ClNO2. The fourth-order valence-corrected chi connectivity index (χ4v) is 3.83. The van der Waals surface area contributed by atoms with E-state index in [-0.39, 0.29) is 16.9 Å². The van der Waals surface area contributed by atoms with Crippen LogP contribution in [0.3, 0.4) is 0 Å². The number of nitrogens with two attached hydrogens (primary N) is 1. The van der Waals surface area contributed by atoms with Crippen molar-refractivity contribution in [3.05, 3.63) is 22.7 Å². The second kappa shape index (κ2) is 4.81. The lowest BCUT2D eigenvalue weighted by Crippen LogP contribution is -2.17. The van der Waals surface area contributed by atoms with Crippen LogP contribution in [0.5, 0.6) is 11.5 Å². The Bertz CT molecular complexity index is 511. The number of hydrogen-bond acceptors (Lipinski definition) is 3. The van der Waals surface area contributed by atoms with Crippen LogP contribution in [0, 0.1) is 16.7 Å². The van der Waals surface area contributed by atoms with E-state index in [0.717, 1.165) is 5.56 Å². The van der Waals surface area contributed by atoms with E-state index in [1.807, 2.05) is 12.1 Å². The highest BCUT2D eigenvalue weighted by molar-refractivity contribution is 6.33. The predicted octanol–water partition coefficient (Wildman–Crippen LogP) is 4.04. The maximum atomic E-state index is 6.51. The molecule has 0 bridgehead atoms. The largest absolute Gasteiger partial charge is 0.495 e. The molecular weight excluding hydrogens is 274 g/mol. The lowest BCUT2D eigenvalue weighted by molar-refractivity contribution is 0.383. The smallest absolute Gasteiger partial charge is 0.146 e. The van der Waals surface area contributed by atoms with Crippen LogP contribution in [0.2, 0.25) is 5.02 Å². The number of methoxy groups -OCH3 is 2. The molecule has 1 aliphatic rings. The van der Waals surface area contributed by atoms with Crippen LogP contribution in [0.25, 0.3) is 0 Å². The Hall–Kier alpha value is -0.930. The standard InChI is InChI=1S/C16H24ClNO2/c1-15(2)14(16(15,3)4)12(18)9-7-8-10(19-5)11(17)13(9)20-6/h7-8,12,14H,18H2,1-6H3. The maximum Gasteiger partial charge on any atom is 0.146 e. The molecule has 3 nitrogen and oxygen atoms in total. The van der Waals surface area contributed by atoms with E-state index < -0.39 is 0 Å². The van der Waals surface area contributed by atoms with Crippen LogP contribution in [-0.4, -0.2) is 14.2 Å². The van der Waals surface area contributed by atoms with E-state index in [1.54, 1.807) is 14.2 Å². The van der Waals surface area contributed by atoms with Crippen molar-refractivity contribution < 1.29 is 9.47 Å². The second-order valence-electron chi connectivity index (χ2n) is 6.65. The molecule has 0 saturated heterocycles. The van der Waals surface area contributed by atoms with Crippen LogP contribution in [0.4, 0.5) is 0 Å². The highest BCUT2D eigenvalue weighted by Gasteiger charge is 2.66. The summed E-state index contributed by atoms with van der Waals surface area (Å²) in [6, 6.07) is 3.71. The van der Waals surface area contributed by atoms with Gasteiger partial charge >= 0.3 is 0 Å². The van der Waals surface area contributed by atoms with Gasteiger partial charge in [0, 0.05) is 11.6 Å². The summed E-state index contributed by atoms with van der Waals surface area (Å²) in [5, 5.41) is 0.485. The average Bonchev–Trinajstić information content (AvgIpc) is 2.78. The van der Waals surface area contributed by atoms with Gasteiger partial charge in [0.1, 0.15) is 16.5 Å². The van der Waals surface area contributed by atoms with Crippen molar-refractivity contribution in [2.75, 3.05) is 14.2 Å². The summed E-state index contributed by atoms with van der Waals surface area (Å²) in [6.45, 7) is 9.04. The molecule has 4 heteroatoms. The van der Waals surface area contributed by atoms with Gasteiger partial charge in [-0.05, 0) is 28.9 Å². The summed E-state index contributed by atoms with van der Waals surface area (Å²) < 4.78 is 10.7. The second-order valence-corrected chi connectivity index (χ2v) is 7.03. The molecule has 112 valence electrons. The van der Waals surface area contributed by atoms with Crippen molar-refractivity contribution in [3.63, 3.8) is 0 Å². The lowest BCUT2D eigenvalue weighted by Gasteiger charge is -2.19. The molecule has 1 aromatic carbocycles. The van der Waals surface area contributed by atoms with Gasteiger partial charge in [0.25, 0.3) is 0 Å². The normalized spacial score (nSPS) is 21.4. The molecule has 0 aromatic heterocycles. The highest BCUT2D eigenvalue weighted by Crippen LogP contribution is 2.72. The third kappa shape index (κ3) is 1.99. The number of benzene rings is 1. The first-order valence-electron chi connectivity index (χ1n) is 6.86. The van der Waals surface area contributed by atoms with Crippen molar-refractivity contribution in [2.45, 2.75) is 33.7 Å². The Morgan fingerprint density at radius 1 is 1.10 bits per heavy atom. The molecule has 2 rings (SSSR count). The van der Waals surface area contributed by atoms with Gasteiger partial charge in [-0.2, -0.15) is 0 Å². The summed E-state index contributed by atoms with van der Waals surface area (Å²) in [6.07, 6.45) is 0. The monoisotopic (exact) mass is 297 g/mol. The first-order chi connectivity index (χ1) is 9.20. The number of rotatable bonds is 4. The average molecular weight is 298 g/mol. The Kier molecular flexibility index (Phi) is 3.72. The van der Waals surface area contributed by atoms with Gasteiger partial charge in [0.2, 0.25) is 0 Å². The quantitative estimate of drug-likeness (QED) is 0.912. The van der Waals surface area contributed by atoms with Crippen molar-refractivity contribution in [1.29, 1.82) is 0 Å². The van der Waals surface area contributed by atoms with Crippen LogP contribution in [0.15, 0.2) is 12.1 Å². The molecule has 1 atom stereocenters. The van der Waals surface area contributed by atoms with E-state index in [9.17, 15) is 0 Å². The highest BCUT2D eigenvalue weighted by atomic mass is 35.5. The Labute approximate surface area is 126 Å². The predicted molar refractivity (Wildman–Crippen MR) is 82.5 cm³/mol. The van der Waals surface area contributed by atoms with E-state index in [4.69, 9.17) is 26.8 Å². The van der Waals surface area contributed by atoms with E-state index >= 15 is 0 Å². The zero-order valence-electron chi connectivity index (χ0n) is 13.1. The maximum absolute atomic E-state index is 6.51. The molecule has 1 saturated carbocycles. The van der Waals surface area contributed by atoms with Gasteiger partial charge in [-0.15, -0.1) is 0 Å². The Morgan fingerprint density at radius 3 is 2.05 bits per heavy atom. The minimum atomic E-state index is -0.0987. The zero-order valence-corrected chi connectivity index (χ0v) is 13.8. The molecule has 0 spiro atoms. The summed E-state index contributed by atoms with van der Waals surface area (Å²) in [7, 11) is 3.20.